The third kappa shape index (κ3) is 3.71. The molecular weight excluding hydrogens is 292 g/mol. The molecule has 1 N–H and O–H groups in total. The van der Waals surface area contributed by atoms with Crippen LogP contribution in [0.15, 0.2) is 48.8 Å². The Bertz CT molecular complexity index is 629. The van der Waals surface area contributed by atoms with Crippen LogP contribution in [-0.4, -0.2) is 56.0 Å². The highest BCUT2D eigenvalue weighted by Gasteiger charge is 2.34. The molecule has 6 nitrogen and oxygen atoms in total. The molecule has 1 saturated heterocycles. The highest BCUT2D eigenvalue weighted by atomic mass is 16.4. The van der Waals surface area contributed by atoms with Gasteiger partial charge in [-0.3, -0.25) is 9.58 Å². The molecule has 0 aliphatic carbocycles. The minimum Gasteiger partial charge on any atom is -0.465 e. The van der Waals surface area contributed by atoms with Gasteiger partial charge in [0.15, 0.2) is 0 Å². The van der Waals surface area contributed by atoms with Crippen molar-refractivity contribution in [1.29, 1.82) is 0 Å². The van der Waals surface area contributed by atoms with E-state index in [1.165, 1.54) is 10.5 Å². The summed E-state index contributed by atoms with van der Waals surface area (Å²) in [7, 11) is 0. The van der Waals surface area contributed by atoms with Gasteiger partial charge in [0.2, 0.25) is 0 Å². The molecule has 0 bridgehead atoms. The van der Waals surface area contributed by atoms with E-state index in [1.54, 1.807) is 6.20 Å². The van der Waals surface area contributed by atoms with Gasteiger partial charge in [-0.15, -0.1) is 0 Å². The number of piperazine rings is 1. The third-order valence-electron chi connectivity index (χ3n) is 4.39. The summed E-state index contributed by atoms with van der Waals surface area (Å²) in [4.78, 5) is 15.4. The Morgan fingerprint density at radius 2 is 2.04 bits per heavy atom. The van der Waals surface area contributed by atoms with Gasteiger partial charge in [-0.2, -0.15) is 5.10 Å². The van der Waals surface area contributed by atoms with Crippen LogP contribution >= 0.6 is 0 Å². The third-order valence-corrected chi connectivity index (χ3v) is 4.39. The summed E-state index contributed by atoms with van der Waals surface area (Å²) in [6.07, 6.45) is 2.83. The van der Waals surface area contributed by atoms with E-state index >= 15 is 0 Å². The van der Waals surface area contributed by atoms with Crippen molar-refractivity contribution in [3.05, 3.63) is 54.4 Å². The van der Waals surface area contributed by atoms with Crippen LogP contribution < -0.4 is 0 Å². The number of rotatable bonds is 4. The van der Waals surface area contributed by atoms with Crippen LogP contribution in [0, 0.1) is 0 Å². The summed E-state index contributed by atoms with van der Waals surface area (Å²) in [5.74, 6) is 0. The molecule has 1 aliphatic heterocycles. The summed E-state index contributed by atoms with van der Waals surface area (Å²) in [6.45, 7) is 4.72. The topological polar surface area (TPSA) is 61.6 Å². The normalized spacial score (nSPS) is 22.2. The zero-order chi connectivity index (χ0) is 16.2. The van der Waals surface area contributed by atoms with Crippen LogP contribution in [0.1, 0.15) is 12.5 Å². The van der Waals surface area contributed by atoms with Gasteiger partial charge in [0.05, 0.1) is 6.54 Å². The first-order valence-corrected chi connectivity index (χ1v) is 7.88. The number of carboxylic acid groups (broad SMARTS) is 1. The van der Waals surface area contributed by atoms with E-state index in [-0.39, 0.29) is 12.1 Å². The van der Waals surface area contributed by atoms with Crippen molar-refractivity contribution < 1.29 is 9.90 Å². The lowest BCUT2D eigenvalue weighted by Crippen LogP contribution is -2.59. The molecule has 0 spiro atoms. The summed E-state index contributed by atoms with van der Waals surface area (Å²) in [6, 6.07) is 12.3. The smallest absolute Gasteiger partial charge is 0.407 e. The van der Waals surface area contributed by atoms with Crippen LogP contribution in [-0.2, 0) is 13.1 Å². The van der Waals surface area contributed by atoms with Gasteiger partial charge in [-0.1, -0.05) is 30.3 Å². The molecule has 23 heavy (non-hydrogen) atoms. The Morgan fingerprint density at radius 1 is 1.26 bits per heavy atom. The standard InChI is InChI=1S/C17H22N4O2/c1-14-10-19(11-15-6-3-2-4-7-15)16(13-21(14)17(22)23)12-20-9-5-8-18-20/h2-9,14,16H,10-13H2,1H3,(H,22,23)/t14-,16+/m1/s1. The SMILES string of the molecule is C[C@@H]1CN(Cc2ccccc2)[C@@H](Cn2cccn2)CN1C(=O)O. The zero-order valence-electron chi connectivity index (χ0n) is 13.2. The van der Waals surface area contributed by atoms with Crippen LogP contribution in [0.4, 0.5) is 4.79 Å². The second kappa shape index (κ2) is 6.83. The van der Waals surface area contributed by atoms with E-state index in [0.29, 0.717) is 13.1 Å². The number of aromatic nitrogens is 2. The summed E-state index contributed by atoms with van der Waals surface area (Å²) >= 11 is 0. The predicted molar refractivity (Wildman–Crippen MR) is 87.1 cm³/mol. The zero-order valence-corrected chi connectivity index (χ0v) is 13.2. The summed E-state index contributed by atoms with van der Waals surface area (Å²) in [5, 5.41) is 13.7. The second-order valence-electron chi connectivity index (χ2n) is 6.08. The Balaban J connectivity index is 1.77. The van der Waals surface area contributed by atoms with E-state index in [4.69, 9.17) is 0 Å². The van der Waals surface area contributed by atoms with Gasteiger partial charge in [-0.25, -0.2) is 4.79 Å². The molecule has 0 radical (unpaired) electrons. The Labute approximate surface area is 135 Å². The van der Waals surface area contributed by atoms with E-state index < -0.39 is 6.09 Å². The molecule has 1 fully saturated rings. The predicted octanol–water partition coefficient (Wildman–Crippen LogP) is 2.14. The molecule has 6 heteroatoms. The monoisotopic (exact) mass is 314 g/mol. The largest absolute Gasteiger partial charge is 0.465 e. The van der Waals surface area contributed by atoms with Crippen molar-refractivity contribution in [3.63, 3.8) is 0 Å². The van der Waals surface area contributed by atoms with Gasteiger partial charge in [0.25, 0.3) is 0 Å². The van der Waals surface area contributed by atoms with Crippen LogP contribution in [0.5, 0.6) is 0 Å². The first kappa shape index (κ1) is 15.6. The molecule has 0 unspecified atom stereocenters. The maximum atomic E-state index is 11.5. The van der Waals surface area contributed by atoms with E-state index in [0.717, 1.165) is 13.1 Å². The maximum Gasteiger partial charge on any atom is 0.407 e. The number of carbonyl (C=O) groups is 1. The van der Waals surface area contributed by atoms with Crippen LogP contribution in [0.3, 0.4) is 0 Å². The number of hydrogen-bond acceptors (Lipinski definition) is 3. The second-order valence-corrected chi connectivity index (χ2v) is 6.08. The minimum absolute atomic E-state index is 0.00918. The summed E-state index contributed by atoms with van der Waals surface area (Å²) < 4.78 is 1.87. The van der Waals surface area contributed by atoms with Gasteiger partial charge in [0, 0.05) is 44.1 Å². The van der Waals surface area contributed by atoms with Crippen LogP contribution in [0.2, 0.25) is 0 Å². The van der Waals surface area contributed by atoms with E-state index in [9.17, 15) is 9.90 Å². The van der Waals surface area contributed by atoms with Crippen molar-refractivity contribution >= 4 is 6.09 Å². The molecule has 3 rings (SSSR count). The number of nitrogens with zero attached hydrogens (tertiary/aromatic N) is 4. The van der Waals surface area contributed by atoms with E-state index in [1.807, 2.05) is 42.1 Å². The fourth-order valence-corrected chi connectivity index (χ4v) is 3.19. The highest BCUT2D eigenvalue weighted by Crippen LogP contribution is 2.19. The maximum absolute atomic E-state index is 11.5. The van der Waals surface area contributed by atoms with Gasteiger partial charge < -0.3 is 10.0 Å². The average molecular weight is 314 g/mol. The number of amides is 1. The van der Waals surface area contributed by atoms with Crippen molar-refractivity contribution in [2.24, 2.45) is 0 Å². The van der Waals surface area contributed by atoms with Gasteiger partial charge in [-0.05, 0) is 18.6 Å². The first-order chi connectivity index (χ1) is 11.1. The quantitative estimate of drug-likeness (QED) is 0.939. The molecule has 122 valence electrons. The molecule has 1 aliphatic rings. The van der Waals surface area contributed by atoms with E-state index in [2.05, 4.69) is 22.1 Å². The molecule has 1 aromatic carbocycles. The Kier molecular flexibility index (Phi) is 4.62. The molecular formula is C17H22N4O2. The molecule has 2 atom stereocenters. The lowest BCUT2D eigenvalue weighted by atomic mass is 10.1. The Morgan fingerprint density at radius 3 is 2.70 bits per heavy atom. The number of benzene rings is 1. The molecule has 2 aromatic rings. The fraction of sp³-hybridized carbons (Fsp3) is 0.412. The highest BCUT2D eigenvalue weighted by molar-refractivity contribution is 5.65. The van der Waals surface area contributed by atoms with Crippen molar-refractivity contribution in [1.82, 2.24) is 19.6 Å². The molecule has 0 saturated carbocycles. The van der Waals surface area contributed by atoms with Crippen molar-refractivity contribution in [3.8, 4) is 0 Å². The first-order valence-electron chi connectivity index (χ1n) is 7.88. The minimum atomic E-state index is -0.845. The lowest BCUT2D eigenvalue weighted by Gasteiger charge is -2.44. The molecule has 1 amide bonds. The number of hydrogen-bond donors (Lipinski definition) is 1. The average Bonchev–Trinajstić information content (AvgIpc) is 3.03. The summed E-state index contributed by atoms with van der Waals surface area (Å²) in [5.41, 5.74) is 1.24. The van der Waals surface area contributed by atoms with Crippen LogP contribution in [0.25, 0.3) is 0 Å². The van der Waals surface area contributed by atoms with Gasteiger partial charge in [0.1, 0.15) is 0 Å². The molecule has 1 aromatic heterocycles. The van der Waals surface area contributed by atoms with Gasteiger partial charge >= 0.3 is 6.09 Å². The molecule has 2 heterocycles. The lowest BCUT2D eigenvalue weighted by molar-refractivity contribution is 0.0256. The fourth-order valence-electron chi connectivity index (χ4n) is 3.19. The van der Waals surface area contributed by atoms with Crippen molar-refractivity contribution in [2.75, 3.05) is 13.1 Å². The van der Waals surface area contributed by atoms with Crippen molar-refractivity contribution in [2.45, 2.75) is 32.1 Å². The Hall–Kier alpha value is -2.34.